The average Bonchev–Trinajstić information content (AvgIpc) is 3.12. The first-order chi connectivity index (χ1) is 11.7. The van der Waals surface area contributed by atoms with Crippen molar-refractivity contribution >= 4 is 0 Å². The molecule has 0 unspecified atom stereocenters. The third-order valence-corrected chi connectivity index (χ3v) is 3.56. The molecule has 0 bridgehead atoms. The number of nitrogens with zero attached hydrogens (tertiary/aromatic N) is 3. The molecule has 0 spiro atoms. The number of ether oxygens (including phenoxy) is 2. The van der Waals surface area contributed by atoms with Crippen LogP contribution >= 0.6 is 0 Å². The Morgan fingerprint density at radius 2 is 2.12 bits per heavy atom. The lowest BCUT2D eigenvalue weighted by Crippen LogP contribution is -2.14. The quantitative estimate of drug-likeness (QED) is 0.721. The number of H-pyrrole nitrogens is 1. The highest BCUT2D eigenvalue weighted by Crippen LogP contribution is 2.31. The Bertz CT molecular complexity index is 804. The van der Waals surface area contributed by atoms with Crippen molar-refractivity contribution < 1.29 is 9.47 Å². The predicted molar refractivity (Wildman–Crippen MR) is 89.8 cm³/mol. The summed E-state index contributed by atoms with van der Waals surface area (Å²) in [5, 5.41) is 7.10. The standard InChI is InChI=1S/C17H19N5O2/c1-3-24-13-7-6-11(9-14(13)23-2)15(18)17-20-16(21-22-17)12-5-4-8-19-10-12/h4-10,15H,3,18H2,1-2H3,(H,20,21,22)/t15-/m0/s1. The Labute approximate surface area is 139 Å². The van der Waals surface area contributed by atoms with Crippen molar-refractivity contribution in [2.24, 2.45) is 5.73 Å². The molecule has 3 aromatic rings. The Kier molecular flexibility index (Phi) is 4.72. The average molecular weight is 325 g/mol. The summed E-state index contributed by atoms with van der Waals surface area (Å²) < 4.78 is 10.9. The van der Waals surface area contributed by atoms with Crippen molar-refractivity contribution in [3.8, 4) is 22.9 Å². The molecular weight excluding hydrogens is 306 g/mol. The minimum atomic E-state index is -0.451. The minimum absolute atomic E-state index is 0.451. The summed E-state index contributed by atoms with van der Waals surface area (Å²) in [5.74, 6) is 2.45. The molecule has 0 saturated heterocycles. The zero-order valence-corrected chi connectivity index (χ0v) is 13.6. The highest BCUT2D eigenvalue weighted by atomic mass is 16.5. The number of rotatable bonds is 6. The summed E-state index contributed by atoms with van der Waals surface area (Å²) in [4.78, 5) is 8.53. The first-order valence-electron chi connectivity index (χ1n) is 7.62. The van der Waals surface area contributed by atoms with Crippen LogP contribution in [0, 0.1) is 0 Å². The van der Waals surface area contributed by atoms with Crippen LogP contribution in [0.2, 0.25) is 0 Å². The molecule has 3 N–H and O–H groups in total. The lowest BCUT2D eigenvalue weighted by atomic mass is 10.1. The highest BCUT2D eigenvalue weighted by Gasteiger charge is 2.17. The topological polar surface area (TPSA) is 98.9 Å². The monoisotopic (exact) mass is 325 g/mol. The fourth-order valence-electron chi connectivity index (χ4n) is 2.35. The van der Waals surface area contributed by atoms with Crippen LogP contribution in [0.1, 0.15) is 24.4 Å². The van der Waals surface area contributed by atoms with Crippen LogP contribution in [0.5, 0.6) is 11.5 Å². The van der Waals surface area contributed by atoms with Gasteiger partial charge in [0.05, 0.1) is 19.8 Å². The lowest BCUT2D eigenvalue weighted by Gasteiger charge is -2.13. The number of hydrogen-bond donors (Lipinski definition) is 2. The van der Waals surface area contributed by atoms with Crippen LogP contribution < -0.4 is 15.2 Å². The van der Waals surface area contributed by atoms with Gasteiger partial charge in [-0.1, -0.05) is 6.07 Å². The van der Waals surface area contributed by atoms with Crippen LogP contribution in [-0.4, -0.2) is 33.9 Å². The largest absolute Gasteiger partial charge is 0.493 e. The second-order valence-corrected chi connectivity index (χ2v) is 5.11. The molecular formula is C17H19N5O2. The summed E-state index contributed by atoms with van der Waals surface area (Å²) in [6.07, 6.45) is 3.41. The molecule has 0 radical (unpaired) electrons. The van der Waals surface area contributed by atoms with Gasteiger partial charge in [-0.15, -0.1) is 0 Å². The Balaban J connectivity index is 1.87. The van der Waals surface area contributed by atoms with Crippen LogP contribution in [-0.2, 0) is 0 Å². The summed E-state index contributed by atoms with van der Waals surface area (Å²) in [6, 6.07) is 8.86. The van der Waals surface area contributed by atoms with Gasteiger partial charge in [-0.05, 0) is 36.8 Å². The maximum atomic E-state index is 6.31. The third kappa shape index (κ3) is 3.21. The molecule has 1 aromatic carbocycles. The number of nitrogens with one attached hydrogen (secondary N) is 1. The number of aromatic nitrogens is 4. The summed E-state index contributed by atoms with van der Waals surface area (Å²) in [7, 11) is 1.60. The second-order valence-electron chi connectivity index (χ2n) is 5.11. The normalized spacial score (nSPS) is 12.0. The van der Waals surface area contributed by atoms with Gasteiger partial charge in [-0.25, -0.2) is 4.98 Å². The summed E-state index contributed by atoms with van der Waals surface area (Å²) >= 11 is 0. The number of nitrogens with two attached hydrogens (primary N) is 1. The molecule has 0 aliphatic rings. The zero-order chi connectivity index (χ0) is 16.9. The van der Waals surface area contributed by atoms with Gasteiger partial charge in [0, 0.05) is 18.0 Å². The van der Waals surface area contributed by atoms with E-state index in [0.29, 0.717) is 29.8 Å². The molecule has 7 nitrogen and oxygen atoms in total. The molecule has 0 aliphatic heterocycles. The van der Waals surface area contributed by atoms with E-state index >= 15 is 0 Å². The van der Waals surface area contributed by atoms with Crippen LogP contribution in [0.15, 0.2) is 42.7 Å². The third-order valence-electron chi connectivity index (χ3n) is 3.56. The molecule has 0 saturated carbocycles. The molecule has 24 heavy (non-hydrogen) atoms. The van der Waals surface area contributed by atoms with Gasteiger partial charge in [0.2, 0.25) is 0 Å². The maximum Gasteiger partial charge on any atom is 0.182 e. The molecule has 7 heteroatoms. The van der Waals surface area contributed by atoms with Gasteiger partial charge in [0.25, 0.3) is 0 Å². The van der Waals surface area contributed by atoms with E-state index in [9.17, 15) is 0 Å². The molecule has 2 heterocycles. The molecule has 2 aromatic heterocycles. The van der Waals surface area contributed by atoms with E-state index in [1.54, 1.807) is 19.5 Å². The molecule has 1 atom stereocenters. The van der Waals surface area contributed by atoms with E-state index in [2.05, 4.69) is 20.2 Å². The summed E-state index contributed by atoms with van der Waals surface area (Å²) in [6.45, 7) is 2.49. The predicted octanol–water partition coefficient (Wildman–Crippen LogP) is 2.32. The van der Waals surface area contributed by atoms with Gasteiger partial charge < -0.3 is 15.2 Å². The lowest BCUT2D eigenvalue weighted by molar-refractivity contribution is 0.310. The molecule has 0 amide bonds. The summed E-state index contributed by atoms with van der Waals surface area (Å²) in [5.41, 5.74) is 7.99. The Hall–Kier alpha value is -2.93. The van der Waals surface area contributed by atoms with Crippen molar-refractivity contribution in [1.82, 2.24) is 20.2 Å². The zero-order valence-electron chi connectivity index (χ0n) is 13.6. The number of benzene rings is 1. The number of aromatic amines is 1. The minimum Gasteiger partial charge on any atom is -0.493 e. The number of methoxy groups -OCH3 is 1. The van der Waals surface area contributed by atoms with E-state index in [0.717, 1.165) is 11.1 Å². The smallest absolute Gasteiger partial charge is 0.182 e. The molecule has 0 aliphatic carbocycles. The molecule has 0 fully saturated rings. The van der Waals surface area contributed by atoms with Crippen molar-refractivity contribution in [2.75, 3.05) is 13.7 Å². The highest BCUT2D eigenvalue weighted by molar-refractivity contribution is 5.52. The van der Waals surface area contributed by atoms with Gasteiger partial charge in [-0.3, -0.25) is 10.1 Å². The first-order valence-corrected chi connectivity index (χ1v) is 7.62. The van der Waals surface area contributed by atoms with E-state index in [1.165, 1.54) is 0 Å². The van der Waals surface area contributed by atoms with Gasteiger partial charge in [-0.2, -0.15) is 5.10 Å². The van der Waals surface area contributed by atoms with Gasteiger partial charge >= 0.3 is 0 Å². The van der Waals surface area contributed by atoms with Gasteiger partial charge in [0.15, 0.2) is 17.3 Å². The van der Waals surface area contributed by atoms with Crippen molar-refractivity contribution in [2.45, 2.75) is 13.0 Å². The Morgan fingerprint density at radius 1 is 1.25 bits per heavy atom. The van der Waals surface area contributed by atoms with Crippen LogP contribution in [0.3, 0.4) is 0 Å². The SMILES string of the molecule is CCOc1ccc([C@H](N)c2nc(-c3cccnc3)n[nH]2)cc1OC. The van der Waals surface area contributed by atoms with E-state index in [-0.39, 0.29) is 0 Å². The van der Waals surface area contributed by atoms with Crippen LogP contribution in [0.4, 0.5) is 0 Å². The van der Waals surface area contributed by atoms with E-state index in [4.69, 9.17) is 15.2 Å². The van der Waals surface area contributed by atoms with Crippen molar-refractivity contribution in [1.29, 1.82) is 0 Å². The first kappa shape index (κ1) is 15.9. The van der Waals surface area contributed by atoms with E-state index in [1.807, 2.05) is 37.3 Å². The number of pyridine rings is 1. The fourth-order valence-corrected chi connectivity index (χ4v) is 2.35. The number of hydrogen-bond acceptors (Lipinski definition) is 6. The molecule has 3 rings (SSSR count). The molecule has 124 valence electrons. The van der Waals surface area contributed by atoms with Crippen molar-refractivity contribution in [3.05, 3.63) is 54.1 Å². The second kappa shape index (κ2) is 7.10. The fraction of sp³-hybridized carbons (Fsp3) is 0.235. The van der Waals surface area contributed by atoms with Gasteiger partial charge in [0.1, 0.15) is 5.82 Å². The maximum absolute atomic E-state index is 6.31. The van der Waals surface area contributed by atoms with Crippen molar-refractivity contribution in [3.63, 3.8) is 0 Å². The Morgan fingerprint density at radius 3 is 2.83 bits per heavy atom. The van der Waals surface area contributed by atoms with Crippen LogP contribution in [0.25, 0.3) is 11.4 Å². The van der Waals surface area contributed by atoms with E-state index < -0.39 is 6.04 Å².